The molecule has 0 bridgehead atoms. The first-order valence-electron chi connectivity index (χ1n) is 19.9. The van der Waals surface area contributed by atoms with Crippen LogP contribution < -0.4 is 21.3 Å². The topological polar surface area (TPSA) is 171 Å². The van der Waals surface area contributed by atoms with Gasteiger partial charge in [0, 0.05) is 12.6 Å². The number of nitrogens with one attached hydrogen (secondary N) is 4. The van der Waals surface area contributed by atoms with E-state index >= 15 is 0 Å². The van der Waals surface area contributed by atoms with Crippen LogP contribution in [0.5, 0.6) is 0 Å². The van der Waals surface area contributed by atoms with Crippen molar-refractivity contribution >= 4 is 39.4 Å². The van der Waals surface area contributed by atoms with E-state index in [0.717, 1.165) is 70.6 Å². The van der Waals surface area contributed by atoms with Crippen molar-refractivity contribution < 1.29 is 32.4 Å². The van der Waals surface area contributed by atoms with Gasteiger partial charge in [0.25, 0.3) is 5.91 Å². The monoisotopic (exact) mass is 731 g/mol. The molecule has 4 N–H and O–H groups in total. The van der Waals surface area contributed by atoms with Crippen molar-refractivity contribution in [1.82, 2.24) is 26.2 Å². The van der Waals surface area contributed by atoms with Crippen molar-refractivity contribution in [2.75, 3.05) is 12.3 Å². The molecule has 2 saturated heterocycles. The molecule has 12 nitrogen and oxygen atoms in total. The molecule has 0 aromatic carbocycles. The fourth-order valence-electron chi connectivity index (χ4n) is 10.3. The van der Waals surface area contributed by atoms with Crippen molar-refractivity contribution in [2.45, 2.75) is 172 Å². The van der Waals surface area contributed by atoms with Gasteiger partial charge in [-0.25, -0.2) is 13.2 Å². The fraction of sp³-hybridized carbons (Fsp3) is 0.868. The zero-order chi connectivity index (χ0) is 36.8. The summed E-state index contributed by atoms with van der Waals surface area (Å²) < 4.78 is 26.8. The van der Waals surface area contributed by atoms with Crippen LogP contribution in [0.25, 0.3) is 0 Å². The van der Waals surface area contributed by atoms with E-state index in [9.17, 15) is 32.4 Å². The molecule has 6 rings (SSSR count). The number of ketones is 1. The van der Waals surface area contributed by atoms with Crippen LogP contribution in [0, 0.1) is 22.7 Å². The summed E-state index contributed by atoms with van der Waals surface area (Å²) in [4.78, 5) is 70.9. The van der Waals surface area contributed by atoms with E-state index in [1.165, 1.54) is 0 Å². The molecule has 0 spiro atoms. The first-order chi connectivity index (χ1) is 24.1. The lowest BCUT2D eigenvalue weighted by Crippen LogP contribution is -2.66. The maximum atomic E-state index is 14.9. The summed E-state index contributed by atoms with van der Waals surface area (Å²) in [6.07, 6.45) is 12.7. The Morgan fingerprint density at radius 1 is 0.824 bits per heavy atom. The van der Waals surface area contributed by atoms with E-state index in [0.29, 0.717) is 45.1 Å². The number of likely N-dealkylation sites (tertiary alicyclic amines) is 1. The van der Waals surface area contributed by atoms with Crippen LogP contribution in [-0.4, -0.2) is 90.1 Å². The highest BCUT2D eigenvalue weighted by atomic mass is 32.2. The fourth-order valence-corrected chi connectivity index (χ4v) is 12.7. The van der Waals surface area contributed by atoms with Crippen molar-refractivity contribution in [3.8, 4) is 0 Å². The van der Waals surface area contributed by atoms with Crippen LogP contribution in [0.2, 0.25) is 0 Å². The van der Waals surface area contributed by atoms with E-state index < -0.39 is 67.8 Å². The van der Waals surface area contributed by atoms with Gasteiger partial charge in [-0.2, -0.15) is 0 Å². The number of nitrogens with zero attached hydrogens (tertiary/aromatic N) is 1. The average molecular weight is 732 g/mol. The molecular weight excluding hydrogens is 671 g/mol. The maximum absolute atomic E-state index is 14.9. The average Bonchev–Trinajstić information content (AvgIpc) is 3.94. The lowest BCUT2D eigenvalue weighted by molar-refractivity contribution is -0.146. The maximum Gasteiger partial charge on any atom is 0.315 e. The number of hydrogen-bond donors (Lipinski definition) is 4. The van der Waals surface area contributed by atoms with Crippen LogP contribution in [0.3, 0.4) is 0 Å². The summed E-state index contributed by atoms with van der Waals surface area (Å²) in [5.74, 6) is -1.99. The Kier molecular flexibility index (Phi) is 10.9. The number of fused-ring (bicyclic) bond motifs is 1. The third-order valence-electron chi connectivity index (χ3n) is 13.6. The molecule has 0 unspecified atom stereocenters. The van der Waals surface area contributed by atoms with Crippen molar-refractivity contribution in [2.24, 2.45) is 22.7 Å². The normalized spacial score (nSPS) is 31.3. The van der Waals surface area contributed by atoms with Crippen LogP contribution in [0.15, 0.2) is 0 Å². The molecule has 51 heavy (non-hydrogen) atoms. The minimum absolute atomic E-state index is 0.0123. The van der Waals surface area contributed by atoms with Gasteiger partial charge in [-0.3, -0.25) is 19.2 Å². The highest BCUT2D eigenvalue weighted by Gasteiger charge is 2.70. The molecule has 13 heteroatoms. The minimum atomic E-state index is -3.39. The van der Waals surface area contributed by atoms with Crippen LogP contribution in [0.1, 0.15) is 137 Å². The van der Waals surface area contributed by atoms with Gasteiger partial charge in [-0.1, -0.05) is 79.1 Å². The number of hydrogen-bond acceptors (Lipinski definition) is 7. The molecule has 286 valence electrons. The molecule has 6 atom stereocenters. The van der Waals surface area contributed by atoms with Gasteiger partial charge in [0.1, 0.15) is 12.1 Å². The van der Waals surface area contributed by atoms with Crippen LogP contribution in [-0.2, 0) is 29.0 Å². The predicted octanol–water partition coefficient (Wildman–Crippen LogP) is 3.91. The van der Waals surface area contributed by atoms with E-state index in [4.69, 9.17) is 0 Å². The zero-order valence-electron chi connectivity index (χ0n) is 31.2. The molecule has 4 aliphatic carbocycles. The molecule has 0 radical (unpaired) electrons. The van der Waals surface area contributed by atoms with E-state index in [-0.39, 0.29) is 35.0 Å². The Morgan fingerprint density at radius 3 is 2.08 bits per heavy atom. The summed E-state index contributed by atoms with van der Waals surface area (Å²) in [6.45, 7) is 8.49. The number of piperidine rings is 1. The minimum Gasteiger partial charge on any atom is -0.347 e. The summed E-state index contributed by atoms with van der Waals surface area (Å²) in [6, 6.07) is -3.26. The first-order valence-corrected chi connectivity index (χ1v) is 21.6. The second-order valence-electron chi connectivity index (χ2n) is 17.7. The molecule has 2 heterocycles. The van der Waals surface area contributed by atoms with Crippen LogP contribution in [0.4, 0.5) is 4.79 Å². The van der Waals surface area contributed by atoms with Crippen molar-refractivity contribution in [3.05, 3.63) is 0 Å². The van der Waals surface area contributed by atoms with E-state index in [1.54, 1.807) is 4.90 Å². The molecule has 6 aliphatic rings. The molecule has 4 saturated carbocycles. The first kappa shape index (κ1) is 38.0. The van der Waals surface area contributed by atoms with Crippen molar-refractivity contribution in [1.29, 1.82) is 0 Å². The third kappa shape index (κ3) is 7.70. The SMILES string of the molecule is CCC[C@H](NC(=O)[C@@H]1[C@@H]2[C@H](CN1C(=O)[C@@H](NC(=O)NC1([C@H]3CCCCS3(=O)=O)CCCCC1)C1(C)CCCCC1)C2(C)C)C(=O)C(=O)NC1CC1. The Balaban J connectivity index is 1.24. The van der Waals surface area contributed by atoms with Gasteiger partial charge < -0.3 is 26.2 Å². The van der Waals surface area contributed by atoms with E-state index in [1.807, 2.05) is 13.8 Å². The van der Waals surface area contributed by atoms with Gasteiger partial charge in [0.2, 0.25) is 17.6 Å². The number of rotatable bonds is 12. The second-order valence-corrected chi connectivity index (χ2v) is 20.0. The second kappa shape index (κ2) is 14.6. The molecule has 0 aromatic rings. The molecule has 0 aromatic heterocycles. The largest absolute Gasteiger partial charge is 0.347 e. The predicted molar refractivity (Wildman–Crippen MR) is 193 cm³/mol. The molecule has 2 aliphatic heterocycles. The van der Waals surface area contributed by atoms with Gasteiger partial charge >= 0.3 is 6.03 Å². The quantitative estimate of drug-likeness (QED) is 0.221. The zero-order valence-corrected chi connectivity index (χ0v) is 32.0. The number of carbonyl (C=O) groups excluding carboxylic acids is 5. The lowest BCUT2D eigenvalue weighted by Gasteiger charge is -2.46. The Bertz CT molecular complexity index is 1480. The summed E-state index contributed by atoms with van der Waals surface area (Å²) in [5, 5.41) is 11.3. The van der Waals surface area contributed by atoms with Crippen LogP contribution >= 0.6 is 0 Å². The number of sulfone groups is 1. The molecule has 6 fully saturated rings. The van der Waals surface area contributed by atoms with Crippen molar-refractivity contribution in [3.63, 3.8) is 0 Å². The number of amides is 5. The highest BCUT2D eigenvalue weighted by molar-refractivity contribution is 7.92. The number of Topliss-reactive ketones (excluding diaryl/α,β-unsaturated/α-hetero) is 1. The van der Waals surface area contributed by atoms with Gasteiger partial charge in [0.15, 0.2) is 9.84 Å². The van der Waals surface area contributed by atoms with Gasteiger partial charge in [-0.15, -0.1) is 0 Å². The smallest absolute Gasteiger partial charge is 0.315 e. The molecule has 5 amide bonds. The van der Waals surface area contributed by atoms with E-state index in [2.05, 4.69) is 35.1 Å². The highest BCUT2D eigenvalue weighted by Crippen LogP contribution is 2.65. The molecular formula is C38H61N5O7S. The summed E-state index contributed by atoms with van der Waals surface area (Å²) >= 11 is 0. The van der Waals surface area contributed by atoms with Gasteiger partial charge in [0.05, 0.1) is 22.6 Å². The summed E-state index contributed by atoms with van der Waals surface area (Å²) in [7, 11) is -3.39. The van der Waals surface area contributed by atoms with Gasteiger partial charge in [-0.05, 0) is 80.5 Å². The third-order valence-corrected chi connectivity index (χ3v) is 16.0. The Hall–Kier alpha value is -2.70. The Morgan fingerprint density at radius 2 is 1.47 bits per heavy atom. The lowest BCUT2D eigenvalue weighted by atomic mass is 9.70. The summed E-state index contributed by atoms with van der Waals surface area (Å²) in [5.41, 5.74) is -1.62. The number of carbonyl (C=O) groups is 5. The Labute approximate surface area is 304 Å². The number of urea groups is 1. The standard InChI is InChI=1S/C38H61N5O7S/c1-5-14-26(30(44)33(46)39-24-16-17-24)40-32(45)29-28-25(36(28,2)3)23-43(29)34(47)31(37(4)18-9-6-10-19-37)41-35(48)42-38(20-11-7-12-21-38)27-15-8-13-22-51(27,49)50/h24-29,31H,5-23H2,1-4H3,(H,39,46)(H,40,45)(H2,41,42,48)/t25-,26-,27+,28-,29-,31+/m0/s1.